The fourth-order valence-corrected chi connectivity index (χ4v) is 3.55. The van der Waals surface area contributed by atoms with Crippen molar-refractivity contribution in [3.63, 3.8) is 0 Å². The van der Waals surface area contributed by atoms with Gasteiger partial charge in [0.15, 0.2) is 0 Å². The van der Waals surface area contributed by atoms with Crippen LogP contribution < -0.4 is 10.2 Å². The van der Waals surface area contributed by atoms with Crippen LogP contribution in [0.4, 0.5) is 11.4 Å². The average Bonchev–Trinajstić information content (AvgIpc) is 2.97. The third-order valence-electron chi connectivity index (χ3n) is 4.59. The summed E-state index contributed by atoms with van der Waals surface area (Å²) in [6.07, 6.45) is 0.201. The molecule has 1 saturated heterocycles. The Bertz CT molecular complexity index is 853. The molecule has 0 radical (unpaired) electrons. The van der Waals surface area contributed by atoms with Crippen molar-refractivity contribution in [2.45, 2.75) is 20.3 Å². The number of carbonyl (C=O) groups is 2. The molecule has 1 atom stereocenters. The minimum atomic E-state index is -0.380. The molecule has 1 N–H and O–H groups in total. The zero-order valence-electron chi connectivity index (χ0n) is 14.0. The Labute approximate surface area is 160 Å². The zero-order valence-corrected chi connectivity index (χ0v) is 16.3. The van der Waals surface area contributed by atoms with Gasteiger partial charge in [0.2, 0.25) is 11.8 Å². The van der Waals surface area contributed by atoms with Gasteiger partial charge in [-0.3, -0.25) is 9.59 Å². The van der Waals surface area contributed by atoms with Gasteiger partial charge in [-0.2, -0.15) is 0 Å². The van der Waals surface area contributed by atoms with E-state index in [0.717, 1.165) is 27.0 Å². The van der Waals surface area contributed by atoms with Gasteiger partial charge < -0.3 is 10.2 Å². The van der Waals surface area contributed by atoms with Crippen molar-refractivity contribution in [3.8, 4) is 0 Å². The highest BCUT2D eigenvalue weighted by Crippen LogP contribution is 2.29. The molecule has 25 heavy (non-hydrogen) atoms. The summed E-state index contributed by atoms with van der Waals surface area (Å²) in [6.45, 7) is 4.32. The molecular formula is C19H18BrClN2O2. The van der Waals surface area contributed by atoms with Crippen molar-refractivity contribution in [1.82, 2.24) is 0 Å². The summed E-state index contributed by atoms with van der Waals surface area (Å²) >= 11 is 9.49. The topological polar surface area (TPSA) is 49.4 Å². The second-order valence-corrected chi connectivity index (χ2v) is 7.51. The Morgan fingerprint density at radius 2 is 2.00 bits per heavy atom. The van der Waals surface area contributed by atoms with Gasteiger partial charge in [-0.1, -0.05) is 33.6 Å². The highest BCUT2D eigenvalue weighted by atomic mass is 79.9. The fraction of sp³-hybridized carbons (Fsp3) is 0.263. The molecule has 1 aliphatic heterocycles. The molecule has 2 aromatic rings. The van der Waals surface area contributed by atoms with Crippen LogP contribution >= 0.6 is 27.5 Å². The second kappa shape index (κ2) is 7.18. The van der Waals surface area contributed by atoms with Crippen molar-refractivity contribution in [1.29, 1.82) is 0 Å². The molecule has 0 aliphatic carbocycles. The van der Waals surface area contributed by atoms with E-state index in [0.29, 0.717) is 11.6 Å². The molecule has 3 rings (SSSR count). The number of nitrogens with one attached hydrogen (secondary N) is 1. The molecule has 0 unspecified atom stereocenters. The van der Waals surface area contributed by atoms with Gasteiger partial charge in [0.1, 0.15) is 0 Å². The van der Waals surface area contributed by atoms with E-state index < -0.39 is 0 Å². The predicted molar refractivity (Wildman–Crippen MR) is 104 cm³/mol. The second-order valence-electron chi connectivity index (χ2n) is 6.22. The van der Waals surface area contributed by atoms with Crippen molar-refractivity contribution in [2.75, 3.05) is 16.8 Å². The fourth-order valence-electron chi connectivity index (χ4n) is 2.93. The first-order valence-electron chi connectivity index (χ1n) is 7.99. The van der Waals surface area contributed by atoms with Gasteiger partial charge in [0.05, 0.1) is 5.92 Å². The first-order valence-corrected chi connectivity index (χ1v) is 9.16. The number of hydrogen-bond acceptors (Lipinski definition) is 2. The van der Waals surface area contributed by atoms with Crippen LogP contribution in [0, 0.1) is 19.8 Å². The monoisotopic (exact) mass is 420 g/mol. The normalized spacial score (nSPS) is 17.0. The van der Waals surface area contributed by atoms with E-state index in [1.165, 1.54) is 0 Å². The van der Waals surface area contributed by atoms with Crippen LogP contribution in [-0.2, 0) is 9.59 Å². The molecule has 2 aromatic carbocycles. The van der Waals surface area contributed by atoms with Gasteiger partial charge >= 0.3 is 0 Å². The maximum Gasteiger partial charge on any atom is 0.229 e. The molecule has 1 heterocycles. The van der Waals surface area contributed by atoms with Crippen LogP contribution in [0.15, 0.2) is 40.9 Å². The van der Waals surface area contributed by atoms with Crippen LogP contribution in [0.2, 0.25) is 5.02 Å². The van der Waals surface area contributed by atoms with E-state index >= 15 is 0 Å². The lowest BCUT2D eigenvalue weighted by atomic mass is 10.1. The summed E-state index contributed by atoms with van der Waals surface area (Å²) in [6, 6.07) is 10.9. The average molecular weight is 422 g/mol. The van der Waals surface area contributed by atoms with Crippen LogP contribution in [0.3, 0.4) is 0 Å². The first-order chi connectivity index (χ1) is 11.9. The molecule has 0 bridgehead atoms. The molecule has 0 aromatic heterocycles. The molecule has 0 saturated carbocycles. The molecule has 4 nitrogen and oxygen atoms in total. The summed E-state index contributed by atoms with van der Waals surface area (Å²) in [5.41, 5.74) is 3.60. The van der Waals surface area contributed by atoms with Gasteiger partial charge in [-0.05, 0) is 55.3 Å². The van der Waals surface area contributed by atoms with Crippen molar-refractivity contribution in [2.24, 2.45) is 5.92 Å². The lowest BCUT2D eigenvalue weighted by Gasteiger charge is -2.17. The van der Waals surface area contributed by atoms with E-state index in [2.05, 4.69) is 21.2 Å². The van der Waals surface area contributed by atoms with Crippen LogP contribution in [0.1, 0.15) is 17.5 Å². The Morgan fingerprint density at radius 1 is 1.24 bits per heavy atom. The maximum absolute atomic E-state index is 12.6. The summed E-state index contributed by atoms with van der Waals surface area (Å²) in [5, 5.41) is 3.53. The van der Waals surface area contributed by atoms with E-state index in [1.54, 1.807) is 23.1 Å². The number of hydrogen-bond donors (Lipinski definition) is 1. The van der Waals surface area contributed by atoms with Gasteiger partial charge in [0, 0.05) is 33.8 Å². The third-order valence-corrected chi connectivity index (χ3v) is 5.69. The number of benzene rings is 2. The molecule has 6 heteroatoms. The molecular weight excluding hydrogens is 404 g/mol. The van der Waals surface area contributed by atoms with Crippen molar-refractivity contribution < 1.29 is 9.59 Å². The van der Waals surface area contributed by atoms with Crippen molar-refractivity contribution >= 4 is 50.7 Å². The Hall–Kier alpha value is -1.85. The number of rotatable bonds is 3. The van der Waals surface area contributed by atoms with Gasteiger partial charge in [-0.25, -0.2) is 0 Å². The SMILES string of the molecule is Cc1c(Br)ccc(NC(=O)[C@@H]2CC(=O)N(c3cccc(Cl)c3)C2)c1C. The summed E-state index contributed by atoms with van der Waals surface area (Å²) in [7, 11) is 0. The lowest BCUT2D eigenvalue weighted by Crippen LogP contribution is -2.28. The van der Waals surface area contributed by atoms with Crippen LogP contribution in [0.25, 0.3) is 0 Å². The summed E-state index contributed by atoms with van der Waals surface area (Å²) in [4.78, 5) is 26.6. The van der Waals surface area contributed by atoms with E-state index in [4.69, 9.17) is 11.6 Å². The molecule has 1 aliphatic rings. The summed E-state index contributed by atoms with van der Waals surface area (Å²) < 4.78 is 1.01. The minimum Gasteiger partial charge on any atom is -0.326 e. The molecule has 2 amide bonds. The number of anilines is 2. The minimum absolute atomic E-state index is 0.0638. The van der Waals surface area contributed by atoms with E-state index in [-0.39, 0.29) is 24.2 Å². The van der Waals surface area contributed by atoms with Gasteiger partial charge in [0.25, 0.3) is 0 Å². The smallest absolute Gasteiger partial charge is 0.229 e. The molecule has 130 valence electrons. The predicted octanol–water partition coefficient (Wildman–Crippen LogP) is 4.71. The lowest BCUT2D eigenvalue weighted by molar-refractivity contribution is -0.122. The Kier molecular flexibility index (Phi) is 5.16. The zero-order chi connectivity index (χ0) is 18.1. The number of halogens is 2. The Balaban J connectivity index is 1.74. The van der Waals surface area contributed by atoms with Crippen LogP contribution in [0.5, 0.6) is 0 Å². The number of nitrogens with zero attached hydrogens (tertiary/aromatic N) is 1. The molecule has 1 fully saturated rings. The van der Waals surface area contributed by atoms with E-state index in [9.17, 15) is 9.59 Å². The Morgan fingerprint density at radius 3 is 2.72 bits per heavy atom. The van der Waals surface area contributed by atoms with E-state index in [1.807, 2.05) is 32.0 Å². The molecule has 0 spiro atoms. The standard InChI is InChI=1S/C19H18BrClN2O2/c1-11-12(2)17(7-6-16(11)20)22-19(25)13-8-18(24)23(10-13)15-5-3-4-14(21)9-15/h3-7,9,13H,8,10H2,1-2H3,(H,22,25)/t13-/m1/s1. The summed E-state index contributed by atoms with van der Waals surface area (Å²) in [5.74, 6) is -0.580. The van der Waals surface area contributed by atoms with Crippen molar-refractivity contribution in [3.05, 3.63) is 57.0 Å². The highest BCUT2D eigenvalue weighted by Gasteiger charge is 2.35. The third kappa shape index (κ3) is 3.72. The van der Waals surface area contributed by atoms with Crippen LogP contribution in [-0.4, -0.2) is 18.4 Å². The maximum atomic E-state index is 12.6. The highest BCUT2D eigenvalue weighted by molar-refractivity contribution is 9.10. The van der Waals surface area contributed by atoms with Gasteiger partial charge in [-0.15, -0.1) is 0 Å². The first kappa shape index (κ1) is 18.0. The quantitative estimate of drug-likeness (QED) is 0.780. The number of carbonyl (C=O) groups excluding carboxylic acids is 2. The largest absolute Gasteiger partial charge is 0.326 e. The number of amides is 2.